The molecular weight excluding hydrogens is 451 g/mol. The van der Waals surface area contributed by atoms with Gasteiger partial charge in [-0.1, -0.05) is 30.3 Å². The minimum Gasteiger partial charge on any atom is -0.357 e. The second-order valence-corrected chi connectivity index (χ2v) is 6.47. The molecule has 1 N–H and O–H groups in total. The van der Waals surface area contributed by atoms with E-state index in [9.17, 15) is 0 Å². The van der Waals surface area contributed by atoms with E-state index >= 15 is 0 Å². The van der Waals surface area contributed by atoms with Crippen LogP contribution in [0, 0.1) is 0 Å². The molecule has 3 heterocycles. The van der Waals surface area contributed by atoms with Crippen LogP contribution in [0.5, 0.6) is 0 Å². The molecule has 0 unspecified atom stereocenters. The number of aliphatic imine (C=N–C) groups is 1. The molecule has 4 rings (SSSR count). The fraction of sp³-hybridized carbons (Fsp3) is 0.350. The normalized spacial score (nSPS) is 14.0. The third-order valence-electron chi connectivity index (χ3n) is 4.75. The zero-order valence-corrected chi connectivity index (χ0v) is 17.8. The van der Waals surface area contributed by atoms with Crippen molar-refractivity contribution in [1.29, 1.82) is 0 Å². The molecule has 0 saturated carbocycles. The minimum atomic E-state index is 0. The lowest BCUT2D eigenvalue weighted by molar-refractivity contribution is 0.378. The maximum Gasteiger partial charge on any atom is 0.194 e. The number of hydrogen-bond donors (Lipinski definition) is 1. The van der Waals surface area contributed by atoms with E-state index in [1.54, 1.807) is 0 Å². The van der Waals surface area contributed by atoms with Crippen LogP contribution in [-0.2, 0) is 19.4 Å². The van der Waals surface area contributed by atoms with Gasteiger partial charge in [0.05, 0.1) is 0 Å². The quantitative estimate of drug-likeness (QED) is 0.358. The summed E-state index contributed by atoms with van der Waals surface area (Å²) >= 11 is 0. The Morgan fingerprint density at radius 1 is 1.11 bits per heavy atom. The largest absolute Gasteiger partial charge is 0.357 e. The first kappa shape index (κ1) is 19.6. The molecule has 0 aliphatic carbocycles. The zero-order valence-electron chi connectivity index (χ0n) is 15.5. The SMILES string of the molecule is CCNC(=NCCc1nnc2ccccn12)N1CCc2ccccc2C1.I. The van der Waals surface area contributed by atoms with Gasteiger partial charge in [-0.3, -0.25) is 9.39 Å². The number of fused-ring (bicyclic) bond motifs is 2. The molecule has 1 aromatic carbocycles. The molecule has 0 saturated heterocycles. The van der Waals surface area contributed by atoms with E-state index in [0.29, 0.717) is 6.54 Å². The van der Waals surface area contributed by atoms with E-state index in [4.69, 9.17) is 4.99 Å². The summed E-state index contributed by atoms with van der Waals surface area (Å²) in [6.45, 7) is 5.58. The van der Waals surface area contributed by atoms with Crippen LogP contribution in [0.1, 0.15) is 23.9 Å². The number of benzene rings is 1. The summed E-state index contributed by atoms with van der Waals surface area (Å²) in [7, 11) is 0. The number of rotatable bonds is 4. The Hall–Kier alpha value is -2.16. The van der Waals surface area contributed by atoms with Gasteiger partial charge in [0, 0.05) is 38.8 Å². The average molecular weight is 476 g/mol. The minimum absolute atomic E-state index is 0. The number of halogens is 1. The molecule has 1 aliphatic heterocycles. The Morgan fingerprint density at radius 3 is 2.78 bits per heavy atom. The van der Waals surface area contributed by atoms with Crippen molar-refractivity contribution < 1.29 is 0 Å². The van der Waals surface area contributed by atoms with E-state index in [2.05, 4.69) is 51.6 Å². The van der Waals surface area contributed by atoms with Crippen LogP contribution in [0.4, 0.5) is 0 Å². The van der Waals surface area contributed by atoms with E-state index in [-0.39, 0.29) is 24.0 Å². The molecular formula is C20H25IN6. The second kappa shape index (κ2) is 9.16. The molecule has 0 spiro atoms. The lowest BCUT2D eigenvalue weighted by Crippen LogP contribution is -2.44. The van der Waals surface area contributed by atoms with Crippen molar-refractivity contribution in [3.8, 4) is 0 Å². The van der Waals surface area contributed by atoms with Crippen molar-refractivity contribution in [2.24, 2.45) is 4.99 Å². The highest BCUT2D eigenvalue weighted by Gasteiger charge is 2.18. The Balaban J connectivity index is 0.00000210. The van der Waals surface area contributed by atoms with Crippen LogP contribution < -0.4 is 5.32 Å². The molecule has 1 aliphatic rings. The highest BCUT2D eigenvalue weighted by molar-refractivity contribution is 14.0. The predicted molar refractivity (Wildman–Crippen MR) is 119 cm³/mol. The monoisotopic (exact) mass is 476 g/mol. The van der Waals surface area contributed by atoms with Crippen molar-refractivity contribution >= 4 is 35.6 Å². The summed E-state index contributed by atoms with van der Waals surface area (Å²) in [6, 6.07) is 14.6. The van der Waals surface area contributed by atoms with Gasteiger partial charge in [0.15, 0.2) is 11.6 Å². The molecule has 7 heteroatoms. The van der Waals surface area contributed by atoms with Crippen LogP contribution in [0.25, 0.3) is 5.65 Å². The fourth-order valence-electron chi connectivity index (χ4n) is 3.43. The molecule has 6 nitrogen and oxygen atoms in total. The average Bonchev–Trinajstić information content (AvgIpc) is 3.10. The molecule has 0 radical (unpaired) electrons. The molecule has 27 heavy (non-hydrogen) atoms. The van der Waals surface area contributed by atoms with Crippen LogP contribution >= 0.6 is 24.0 Å². The molecule has 0 bridgehead atoms. The molecule has 0 amide bonds. The Morgan fingerprint density at radius 2 is 1.93 bits per heavy atom. The Bertz CT molecular complexity index is 919. The fourth-order valence-corrected chi connectivity index (χ4v) is 3.43. The third kappa shape index (κ3) is 4.40. The van der Waals surface area contributed by atoms with Gasteiger partial charge in [-0.25, -0.2) is 0 Å². The summed E-state index contributed by atoms with van der Waals surface area (Å²) in [5.41, 5.74) is 3.73. The van der Waals surface area contributed by atoms with Crippen LogP contribution in [-0.4, -0.2) is 45.1 Å². The van der Waals surface area contributed by atoms with Gasteiger partial charge in [-0.05, 0) is 36.6 Å². The molecule has 2 aromatic heterocycles. The highest BCUT2D eigenvalue weighted by atomic mass is 127. The van der Waals surface area contributed by atoms with Gasteiger partial charge < -0.3 is 10.2 Å². The van der Waals surface area contributed by atoms with E-state index in [1.807, 2.05) is 28.8 Å². The lowest BCUT2D eigenvalue weighted by atomic mass is 10.0. The predicted octanol–water partition coefficient (Wildman–Crippen LogP) is 2.91. The number of guanidine groups is 1. The smallest absolute Gasteiger partial charge is 0.194 e. The Kier molecular flexibility index (Phi) is 6.65. The molecule has 0 fully saturated rings. The number of pyridine rings is 1. The number of aromatic nitrogens is 3. The Labute approximate surface area is 176 Å². The molecule has 142 valence electrons. The first-order chi connectivity index (χ1) is 12.8. The van der Waals surface area contributed by atoms with Crippen LogP contribution in [0.15, 0.2) is 53.7 Å². The van der Waals surface area contributed by atoms with Gasteiger partial charge >= 0.3 is 0 Å². The third-order valence-corrected chi connectivity index (χ3v) is 4.75. The summed E-state index contributed by atoms with van der Waals surface area (Å²) in [4.78, 5) is 7.18. The van der Waals surface area contributed by atoms with Crippen molar-refractivity contribution in [2.45, 2.75) is 26.3 Å². The number of nitrogens with one attached hydrogen (secondary N) is 1. The van der Waals surface area contributed by atoms with Crippen molar-refractivity contribution in [1.82, 2.24) is 24.8 Å². The van der Waals surface area contributed by atoms with Gasteiger partial charge in [-0.15, -0.1) is 34.2 Å². The number of hydrogen-bond acceptors (Lipinski definition) is 3. The van der Waals surface area contributed by atoms with Gasteiger partial charge in [-0.2, -0.15) is 0 Å². The summed E-state index contributed by atoms with van der Waals surface area (Å²) < 4.78 is 2.03. The zero-order chi connectivity index (χ0) is 17.8. The lowest BCUT2D eigenvalue weighted by Gasteiger charge is -2.31. The van der Waals surface area contributed by atoms with E-state index < -0.39 is 0 Å². The van der Waals surface area contributed by atoms with E-state index in [1.165, 1.54) is 11.1 Å². The van der Waals surface area contributed by atoms with Gasteiger partial charge in [0.1, 0.15) is 5.82 Å². The summed E-state index contributed by atoms with van der Waals surface area (Å²) in [6.07, 6.45) is 3.83. The molecule has 3 aromatic rings. The first-order valence-corrected chi connectivity index (χ1v) is 9.24. The second-order valence-electron chi connectivity index (χ2n) is 6.47. The topological polar surface area (TPSA) is 57.8 Å². The van der Waals surface area contributed by atoms with Crippen LogP contribution in [0.3, 0.4) is 0 Å². The standard InChI is InChI=1S/C20H24N6.HI/c1-2-21-20(25-14-11-16-7-3-4-8-17(16)15-25)22-12-10-19-24-23-18-9-5-6-13-26(18)19;/h3-9,13H,2,10-12,14-15H2,1H3,(H,21,22);1H. The van der Waals surface area contributed by atoms with Crippen molar-refractivity contribution in [3.05, 3.63) is 65.6 Å². The van der Waals surface area contributed by atoms with Crippen molar-refractivity contribution in [2.75, 3.05) is 19.6 Å². The van der Waals surface area contributed by atoms with Gasteiger partial charge in [0.2, 0.25) is 0 Å². The van der Waals surface area contributed by atoms with E-state index in [0.717, 1.165) is 49.9 Å². The van der Waals surface area contributed by atoms with Gasteiger partial charge in [0.25, 0.3) is 0 Å². The highest BCUT2D eigenvalue weighted by Crippen LogP contribution is 2.18. The maximum atomic E-state index is 4.84. The number of nitrogens with zero attached hydrogens (tertiary/aromatic N) is 5. The maximum absolute atomic E-state index is 4.84. The van der Waals surface area contributed by atoms with Crippen LogP contribution in [0.2, 0.25) is 0 Å². The van der Waals surface area contributed by atoms with Crippen molar-refractivity contribution in [3.63, 3.8) is 0 Å². The summed E-state index contributed by atoms with van der Waals surface area (Å²) in [5, 5.41) is 11.9. The molecule has 0 atom stereocenters. The summed E-state index contributed by atoms with van der Waals surface area (Å²) in [5.74, 6) is 1.93. The first-order valence-electron chi connectivity index (χ1n) is 9.24.